The van der Waals surface area contributed by atoms with Gasteiger partial charge in [-0.25, -0.2) is 0 Å². The average molecular weight is 353 g/mol. The summed E-state index contributed by atoms with van der Waals surface area (Å²) < 4.78 is 0. The van der Waals surface area contributed by atoms with Gasteiger partial charge < -0.3 is 20.4 Å². The quantitative estimate of drug-likeness (QED) is 0.462. The molecule has 2 fully saturated rings. The zero-order valence-corrected chi connectivity index (χ0v) is 15.0. The third kappa shape index (κ3) is 3.08. The molecule has 0 aromatic heterocycles. The monoisotopic (exact) mass is 353 g/mol. The summed E-state index contributed by atoms with van der Waals surface area (Å²) in [4.78, 5) is 12.7. The Hall–Kier alpha value is -0.790. The number of hydrogen-bond donors (Lipinski definition) is 5. The molecule has 2 aliphatic carbocycles. The lowest BCUT2D eigenvalue weighted by molar-refractivity contribution is -0.153. The fourth-order valence-corrected chi connectivity index (χ4v) is 5.33. The van der Waals surface area contributed by atoms with E-state index in [0.717, 1.165) is 19.3 Å². The van der Waals surface area contributed by atoms with E-state index in [1.807, 2.05) is 6.92 Å². The summed E-state index contributed by atoms with van der Waals surface area (Å²) >= 11 is 0. The Balaban J connectivity index is 1.88. The van der Waals surface area contributed by atoms with Crippen molar-refractivity contribution in [1.82, 2.24) is 5.32 Å². The van der Waals surface area contributed by atoms with Crippen molar-refractivity contribution in [2.24, 2.45) is 29.1 Å². The van der Waals surface area contributed by atoms with Crippen LogP contribution in [0.5, 0.6) is 0 Å². The zero-order chi connectivity index (χ0) is 18.4. The number of carbonyl (C=O) groups is 1. The molecule has 1 saturated heterocycles. The minimum absolute atomic E-state index is 0.0793. The lowest BCUT2D eigenvalue weighted by Gasteiger charge is -2.53. The van der Waals surface area contributed by atoms with Gasteiger partial charge in [0.1, 0.15) is 6.23 Å². The van der Waals surface area contributed by atoms with Crippen molar-refractivity contribution in [3.05, 3.63) is 12.2 Å². The molecule has 1 saturated carbocycles. The molecule has 6 heteroatoms. The highest BCUT2D eigenvalue weighted by molar-refractivity contribution is 5.89. The van der Waals surface area contributed by atoms with Gasteiger partial charge >= 0.3 is 0 Å². The smallest absolute Gasteiger partial charge is 0.159 e. The molecule has 0 radical (unpaired) electrons. The van der Waals surface area contributed by atoms with Crippen molar-refractivity contribution >= 4 is 5.78 Å². The van der Waals surface area contributed by atoms with Crippen molar-refractivity contribution in [2.45, 2.75) is 64.0 Å². The Kier molecular flexibility index (Phi) is 5.38. The number of aliphatic hydroxyl groups is 4. The van der Waals surface area contributed by atoms with Crippen molar-refractivity contribution < 1.29 is 25.2 Å². The van der Waals surface area contributed by atoms with Gasteiger partial charge in [-0.2, -0.15) is 0 Å². The molecule has 5 N–H and O–H groups in total. The van der Waals surface area contributed by atoms with E-state index in [1.54, 1.807) is 6.08 Å². The molecule has 3 aliphatic rings. The highest BCUT2D eigenvalue weighted by Crippen LogP contribution is 2.53. The summed E-state index contributed by atoms with van der Waals surface area (Å²) in [5.74, 6) is -0.297. The maximum atomic E-state index is 12.7. The molecule has 4 unspecified atom stereocenters. The van der Waals surface area contributed by atoms with E-state index in [1.165, 1.54) is 0 Å². The first-order valence-corrected chi connectivity index (χ1v) is 9.43. The van der Waals surface area contributed by atoms with Crippen LogP contribution in [0.25, 0.3) is 0 Å². The number of allylic oxidation sites excluding steroid dienone is 1. The second-order valence-corrected chi connectivity index (χ2v) is 8.43. The van der Waals surface area contributed by atoms with Gasteiger partial charge in [-0.05, 0) is 37.0 Å². The summed E-state index contributed by atoms with van der Waals surface area (Å²) in [6.45, 7) is 3.90. The summed E-state index contributed by atoms with van der Waals surface area (Å²) in [7, 11) is 0. The summed E-state index contributed by atoms with van der Waals surface area (Å²) in [5.41, 5.74) is -0.878. The van der Waals surface area contributed by atoms with Gasteiger partial charge in [-0.15, -0.1) is 0 Å². The van der Waals surface area contributed by atoms with Crippen molar-refractivity contribution in [2.75, 3.05) is 6.61 Å². The minimum Gasteiger partial charge on any atom is -0.396 e. The Morgan fingerprint density at radius 3 is 2.72 bits per heavy atom. The molecular formula is C19H31NO5. The van der Waals surface area contributed by atoms with E-state index in [2.05, 4.69) is 18.3 Å². The van der Waals surface area contributed by atoms with Crippen LogP contribution in [0.4, 0.5) is 0 Å². The SMILES string of the molecule is C[C@H]1CCC2[C@H](C=C[C@H](O)[C@@]2(C)[C@@H](O)C2C(=O)C(CCO)NC2O)C1. The normalized spacial score (nSPS) is 48.4. The summed E-state index contributed by atoms with van der Waals surface area (Å²) in [6, 6.07) is -0.651. The number of fused-ring (bicyclic) bond motifs is 1. The van der Waals surface area contributed by atoms with E-state index >= 15 is 0 Å². The van der Waals surface area contributed by atoms with Gasteiger partial charge in [0, 0.05) is 12.0 Å². The first-order chi connectivity index (χ1) is 11.8. The molecule has 1 heterocycles. The van der Waals surface area contributed by atoms with Crippen LogP contribution in [-0.4, -0.2) is 57.3 Å². The Morgan fingerprint density at radius 2 is 2.04 bits per heavy atom. The Morgan fingerprint density at radius 1 is 1.32 bits per heavy atom. The predicted molar refractivity (Wildman–Crippen MR) is 92.4 cm³/mol. The lowest BCUT2D eigenvalue weighted by Crippen LogP contribution is -2.57. The third-order valence-electron chi connectivity index (χ3n) is 6.92. The molecular weight excluding hydrogens is 322 g/mol. The van der Waals surface area contributed by atoms with E-state index in [-0.39, 0.29) is 30.6 Å². The molecule has 0 aromatic carbocycles. The van der Waals surface area contributed by atoms with Crippen LogP contribution < -0.4 is 5.32 Å². The Labute approximate surface area is 148 Å². The zero-order valence-electron chi connectivity index (χ0n) is 15.0. The fraction of sp³-hybridized carbons (Fsp3) is 0.842. The number of rotatable bonds is 4. The molecule has 6 nitrogen and oxygen atoms in total. The number of nitrogens with one attached hydrogen (secondary N) is 1. The van der Waals surface area contributed by atoms with Crippen LogP contribution in [0.3, 0.4) is 0 Å². The number of ketones is 1. The number of aliphatic hydroxyl groups excluding tert-OH is 4. The summed E-state index contributed by atoms with van der Waals surface area (Å²) in [5, 5.41) is 44.0. The van der Waals surface area contributed by atoms with Gasteiger partial charge in [-0.1, -0.05) is 32.4 Å². The van der Waals surface area contributed by atoms with E-state index in [4.69, 9.17) is 5.11 Å². The molecule has 25 heavy (non-hydrogen) atoms. The largest absolute Gasteiger partial charge is 0.396 e. The first-order valence-electron chi connectivity index (χ1n) is 9.43. The standard InChI is InChI=1S/C19H31NO5/c1-10-3-5-12-11(9-10)4-6-14(22)19(12,2)17(24)15-16(23)13(7-8-21)20-18(15)25/h4,6,10-15,17-18,20-22,24-25H,3,5,7-9H2,1-2H3/t10-,11+,12?,13?,14-,15?,17-,18?,19-/m0/s1. The maximum absolute atomic E-state index is 12.7. The molecule has 0 spiro atoms. The molecule has 9 atom stereocenters. The van der Waals surface area contributed by atoms with Gasteiger partial charge in [0.05, 0.1) is 24.2 Å². The minimum atomic E-state index is -1.16. The predicted octanol–water partition coefficient (Wildman–Crippen LogP) is 0.195. The summed E-state index contributed by atoms with van der Waals surface area (Å²) in [6.07, 6.45) is 3.80. The van der Waals surface area contributed by atoms with Crippen LogP contribution >= 0.6 is 0 Å². The number of Topliss-reactive ketones (excluding diaryl/α,β-unsaturated/α-hetero) is 1. The van der Waals surface area contributed by atoms with E-state index in [0.29, 0.717) is 5.92 Å². The second kappa shape index (κ2) is 7.08. The van der Waals surface area contributed by atoms with Gasteiger partial charge in [0.15, 0.2) is 5.78 Å². The van der Waals surface area contributed by atoms with Gasteiger partial charge in [0.25, 0.3) is 0 Å². The van der Waals surface area contributed by atoms with Crippen molar-refractivity contribution in [1.29, 1.82) is 0 Å². The highest BCUT2D eigenvalue weighted by Gasteiger charge is 2.57. The van der Waals surface area contributed by atoms with Crippen LogP contribution in [0.1, 0.15) is 39.5 Å². The molecule has 142 valence electrons. The topological polar surface area (TPSA) is 110 Å². The van der Waals surface area contributed by atoms with E-state index < -0.39 is 35.8 Å². The van der Waals surface area contributed by atoms with Crippen LogP contribution in [0.15, 0.2) is 12.2 Å². The van der Waals surface area contributed by atoms with Gasteiger partial charge in [-0.3, -0.25) is 10.1 Å². The highest BCUT2D eigenvalue weighted by atomic mass is 16.3. The van der Waals surface area contributed by atoms with Gasteiger partial charge in [0.2, 0.25) is 0 Å². The molecule has 0 amide bonds. The van der Waals surface area contributed by atoms with Crippen LogP contribution in [0, 0.1) is 29.1 Å². The second-order valence-electron chi connectivity index (χ2n) is 8.43. The molecule has 3 rings (SSSR count). The Bertz CT molecular complexity index is 538. The van der Waals surface area contributed by atoms with Crippen LogP contribution in [-0.2, 0) is 4.79 Å². The number of carbonyl (C=O) groups excluding carboxylic acids is 1. The third-order valence-corrected chi connectivity index (χ3v) is 6.92. The maximum Gasteiger partial charge on any atom is 0.159 e. The molecule has 0 bridgehead atoms. The lowest BCUT2D eigenvalue weighted by atomic mass is 9.54. The molecule has 0 aromatic rings. The molecule has 1 aliphatic heterocycles. The average Bonchev–Trinajstić information content (AvgIpc) is 2.84. The van der Waals surface area contributed by atoms with Crippen molar-refractivity contribution in [3.8, 4) is 0 Å². The number of hydrogen-bond acceptors (Lipinski definition) is 6. The van der Waals surface area contributed by atoms with E-state index in [9.17, 15) is 20.1 Å². The first kappa shape index (κ1) is 19.0. The fourth-order valence-electron chi connectivity index (χ4n) is 5.33. The van der Waals surface area contributed by atoms with Crippen LogP contribution in [0.2, 0.25) is 0 Å². The van der Waals surface area contributed by atoms with Crippen molar-refractivity contribution in [3.63, 3.8) is 0 Å².